The lowest BCUT2D eigenvalue weighted by atomic mass is 10.1. The van der Waals surface area contributed by atoms with Gasteiger partial charge < -0.3 is 15.5 Å². The van der Waals surface area contributed by atoms with E-state index >= 15 is 0 Å². The molecule has 1 aromatic heterocycles. The van der Waals surface area contributed by atoms with E-state index in [-0.39, 0.29) is 5.56 Å². The second-order valence-electron chi connectivity index (χ2n) is 4.52. The van der Waals surface area contributed by atoms with E-state index < -0.39 is 0 Å². The second kappa shape index (κ2) is 4.74. The van der Waals surface area contributed by atoms with Crippen LogP contribution in [0.5, 0.6) is 5.75 Å². The lowest BCUT2D eigenvalue weighted by Gasteiger charge is -2.09. The van der Waals surface area contributed by atoms with Gasteiger partial charge in [0.25, 0.3) is 5.56 Å². The molecule has 0 saturated heterocycles. The smallest absolute Gasteiger partial charge is 0.256 e. The zero-order valence-corrected chi connectivity index (χ0v) is 11.0. The van der Waals surface area contributed by atoms with E-state index in [1.54, 1.807) is 25.3 Å². The van der Waals surface area contributed by atoms with Gasteiger partial charge >= 0.3 is 0 Å². The first kappa shape index (κ1) is 12.3. The monoisotopic (exact) mass is 266 g/mol. The maximum absolute atomic E-state index is 12.2. The molecule has 20 heavy (non-hydrogen) atoms. The molecule has 1 heterocycles. The van der Waals surface area contributed by atoms with Crippen molar-refractivity contribution in [1.82, 2.24) is 4.98 Å². The number of pyridine rings is 1. The first-order valence-electron chi connectivity index (χ1n) is 6.25. The van der Waals surface area contributed by atoms with Crippen LogP contribution in [0, 0.1) is 0 Å². The summed E-state index contributed by atoms with van der Waals surface area (Å²) in [5, 5.41) is 1.33. The van der Waals surface area contributed by atoms with E-state index in [4.69, 9.17) is 10.5 Å². The highest BCUT2D eigenvalue weighted by Crippen LogP contribution is 2.30. The van der Waals surface area contributed by atoms with E-state index in [2.05, 4.69) is 4.98 Å². The normalized spacial score (nSPS) is 10.7. The number of fused-ring (bicyclic) bond motifs is 1. The molecule has 100 valence electrons. The van der Waals surface area contributed by atoms with Crippen LogP contribution in [0.2, 0.25) is 0 Å². The zero-order valence-electron chi connectivity index (χ0n) is 11.0. The quantitative estimate of drug-likeness (QED) is 0.701. The van der Waals surface area contributed by atoms with Crippen molar-refractivity contribution in [3.63, 3.8) is 0 Å². The number of nitrogen functional groups attached to an aromatic ring is 1. The second-order valence-corrected chi connectivity index (χ2v) is 4.52. The summed E-state index contributed by atoms with van der Waals surface area (Å²) in [6.07, 6.45) is 0. The van der Waals surface area contributed by atoms with Crippen molar-refractivity contribution < 1.29 is 4.74 Å². The molecule has 0 atom stereocenters. The average Bonchev–Trinajstić information content (AvgIpc) is 2.48. The molecule has 0 aliphatic rings. The summed E-state index contributed by atoms with van der Waals surface area (Å²) in [5.41, 5.74) is 7.91. The fourth-order valence-corrected chi connectivity index (χ4v) is 2.32. The van der Waals surface area contributed by atoms with Gasteiger partial charge in [-0.3, -0.25) is 4.79 Å². The van der Waals surface area contributed by atoms with E-state index in [0.29, 0.717) is 22.5 Å². The molecule has 0 radical (unpaired) electrons. The number of nitrogens with one attached hydrogen (secondary N) is 1. The minimum atomic E-state index is -0.157. The van der Waals surface area contributed by atoms with E-state index in [1.807, 2.05) is 30.3 Å². The van der Waals surface area contributed by atoms with Gasteiger partial charge in [-0.1, -0.05) is 18.2 Å². The zero-order chi connectivity index (χ0) is 14.1. The Morgan fingerprint density at radius 3 is 2.65 bits per heavy atom. The van der Waals surface area contributed by atoms with Crippen molar-refractivity contribution in [3.8, 4) is 17.0 Å². The molecule has 0 aliphatic heterocycles. The number of hydrogen-bond donors (Lipinski definition) is 2. The fraction of sp³-hybridized carbons (Fsp3) is 0.0625. The van der Waals surface area contributed by atoms with Gasteiger partial charge in [0.2, 0.25) is 0 Å². The maximum atomic E-state index is 12.2. The summed E-state index contributed by atoms with van der Waals surface area (Å²) in [6, 6.07) is 14.7. The summed E-state index contributed by atoms with van der Waals surface area (Å²) < 4.78 is 5.33. The summed E-state index contributed by atoms with van der Waals surface area (Å²) in [4.78, 5) is 15.1. The Balaban J connectivity index is 2.33. The number of methoxy groups -OCH3 is 1. The predicted octanol–water partition coefficient (Wildman–Crippen LogP) is 2.79. The fourth-order valence-electron chi connectivity index (χ4n) is 2.32. The standard InChI is InChI=1S/C16H14N2O2/c1-20-15-8-3-2-5-11(15)14-9-12-10(16(19)18-14)6-4-7-13(12)17/h2-9H,17H2,1H3,(H,18,19). The third-order valence-corrected chi connectivity index (χ3v) is 3.32. The van der Waals surface area contributed by atoms with Crippen molar-refractivity contribution in [3.05, 3.63) is 58.9 Å². The lowest BCUT2D eigenvalue weighted by molar-refractivity contribution is 0.416. The van der Waals surface area contributed by atoms with Gasteiger partial charge in [-0.25, -0.2) is 0 Å². The van der Waals surface area contributed by atoms with Crippen molar-refractivity contribution in [2.24, 2.45) is 0 Å². The molecule has 3 aromatic rings. The molecule has 0 spiro atoms. The van der Waals surface area contributed by atoms with Gasteiger partial charge in [0.05, 0.1) is 12.8 Å². The molecule has 4 nitrogen and oxygen atoms in total. The van der Waals surface area contributed by atoms with E-state index in [1.165, 1.54) is 0 Å². The van der Waals surface area contributed by atoms with Crippen LogP contribution < -0.4 is 16.0 Å². The molecule has 0 unspecified atom stereocenters. The van der Waals surface area contributed by atoms with Gasteiger partial charge in [0.15, 0.2) is 0 Å². The number of aromatic nitrogens is 1. The molecule has 0 bridgehead atoms. The Morgan fingerprint density at radius 1 is 1.05 bits per heavy atom. The van der Waals surface area contributed by atoms with Crippen molar-refractivity contribution in [1.29, 1.82) is 0 Å². The van der Waals surface area contributed by atoms with E-state index in [9.17, 15) is 4.79 Å². The molecule has 0 aliphatic carbocycles. The van der Waals surface area contributed by atoms with Crippen LogP contribution >= 0.6 is 0 Å². The van der Waals surface area contributed by atoms with Crippen molar-refractivity contribution in [2.75, 3.05) is 12.8 Å². The number of anilines is 1. The molecular formula is C16H14N2O2. The summed E-state index contributed by atoms with van der Waals surface area (Å²) >= 11 is 0. The Labute approximate surface area is 115 Å². The molecule has 4 heteroatoms. The number of rotatable bonds is 2. The highest BCUT2D eigenvalue weighted by atomic mass is 16.5. The van der Waals surface area contributed by atoms with Crippen molar-refractivity contribution >= 4 is 16.5 Å². The van der Waals surface area contributed by atoms with E-state index in [0.717, 1.165) is 10.9 Å². The molecule has 2 aromatic carbocycles. The van der Waals surface area contributed by atoms with Gasteiger partial charge in [0.1, 0.15) is 5.75 Å². The predicted molar refractivity (Wildman–Crippen MR) is 81.0 cm³/mol. The number of H-pyrrole nitrogens is 1. The Bertz CT molecular complexity index is 837. The van der Waals surface area contributed by atoms with Gasteiger partial charge in [-0.15, -0.1) is 0 Å². The number of para-hydroxylation sites is 1. The maximum Gasteiger partial charge on any atom is 0.256 e. The first-order valence-corrected chi connectivity index (χ1v) is 6.25. The first-order chi connectivity index (χ1) is 9.70. The number of ether oxygens (including phenoxy) is 1. The Hall–Kier alpha value is -2.75. The number of hydrogen-bond acceptors (Lipinski definition) is 3. The van der Waals surface area contributed by atoms with Crippen LogP contribution in [0.25, 0.3) is 22.0 Å². The largest absolute Gasteiger partial charge is 0.496 e. The van der Waals surface area contributed by atoms with Crippen LogP contribution in [0.3, 0.4) is 0 Å². The SMILES string of the molecule is COc1ccccc1-c1cc2c(N)cccc2c(=O)[nH]1. The molecule has 0 fully saturated rings. The highest BCUT2D eigenvalue weighted by molar-refractivity contribution is 5.94. The van der Waals surface area contributed by atoms with Crippen LogP contribution in [0.1, 0.15) is 0 Å². The van der Waals surface area contributed by atoms with Crippen LogP contribution in [0.15, 0.2) is 53.3 Å². The molecule has 3 N–H and O–H groups in total. The number of aromatic amines is 1. The lowest BCUT2D eigenvalue weighted by Crippen LogP contribution is -2.08. The summed E-state index contributed by atoms with van der Waals surface area (Å²) in [7, 11) is 1.60. The minimum absolute atomic E-state index is 0.157. The summed E-state index contributed by atoms with van der Waals surface area (Å²) in [6.45, 7) is 0. The van der Waals surface area contributed by atoms with Crippen LogP contribution in [-0.4, -0.2) is 12.1 Å². The summed E-state index contributed by atoms with van der Waals surface area (Å²) in [5.74, 6) is 0.706. The highest BCUT2D eigenvalue weighted by Gasteiger charge is 2.09. The number of benzene rings is 2. The molecular weight excluding hydrogens is 252 g/mol. The molecule has 0 saturated carbocycles. The Kier molecular flexibility index (Phi) is 2.91. The molecule has 0 amide bonds. The van der Waals surface area contributed by atoms with Crippen LogP contribution in [-0.2, 0) is 0 Å². The average molecular weight is 266 g/mol. The topological polar surface area (TPSA) is 68.1 Å². The third-order valence-electron chi connectivity index (χ3n) is 3.32. The minimum Gasteiger partial charge on any atom is -0.496 e. The third kappa shape index (κ3) is 1.91. The molecule has 3 rings (SSSR count). The van der Waals surface area contributed by atoms with Crippen molar-refractivity contribution in [2.45, 2.75) is 0 Å². The number of nitrogens with two attached hydrogens (primary N) is 1. The Morgan fingerprint density at radius 2 is 1.85 bits per heavy atom. The van der Waals surface area contributed by atoms with Crippen LogP contribution in [0.4, 0.5) is 5.69 Å². The van der Waals surface area contributed by atoms with Gasteiger partial charge in [-0.2, -0.15) is 0 Å². The van der Waals surface area contributed by atoms with Gasteiger partial charge in [0, 0.05) is 22.0 Å². The van der Waals surface area contributed by atoms with Gasteiger partial charge in [-0.05, 0) is 30.3 Å².